The molecule has 18 heavy (non-hydrogen) atoms. The number of benzene rings is 1. The second kappa shape index (κ2) is 6.17. The molecule has 0 radical (unpaired) electrons. The van der Waals surface area contributed by atoms with Gasteiger partial charge in [0.2, 0.25) is 10.0 Å². The van der Waals surface area contributed by atoms with Gasteiger partial charge in [0.1, 0.15) is 4.90 Å². The van der Waals surface area contributed by atoms with Crippen LogP contribution in [0, 0.1) is 0 Å². The minimum atomic E-state index is -3.43. The Morgan fingerprint density at radius 3 is 2.50 bits per heavy atom. The van der Waals surface area contributed by atoms with Gasteiger partial charge in [-0.25, -0.2) is 12.7 Å². The number of nitrogens with zero attached hydrogens (tertiary/aromatic N) is 1. The van der Waals surface area contributed by atoms with Gasteiger partial charge in [-0.1, -0.05) is 19.1 Å². The summed E-state index contributed by atoms with van der Waals surface area (Å²) >= 11 is 0. The van der Waals surface area contributed by atoms with Crippen molar-refractivity contribution < 1.29 is 8.42 Å². The number of rotatable bonds is 6. The Balaban J connectivity index is 3.01. The van der Waals surface area contributed by atoms with Gasteiger partial charge < -0.3 is 11.1 Å². The number of nitrogens with two attached hydrogens (primary N) is 1. The van der Waals surface area contributed by atoms with Gasteiger partial charge in [-0.2, -0.15) is 0 Å². The van der Waals surface area contributed by atoms with E-state index < -0.39 is 10.0 Å². The Morgan fingerprint density at radius 2 is 1.94 bits per heavy atom. The number of para-hydroxylation sites is 1. The molecule has 1 atom stereocenters. The summed E-state index contributed by atoms with van der Waals surface area (Å²) in [7, 11) is -0.397. The molecular weight excluding hydrogens is 250 g/mol. The van der Waals surface area contributed by atoms with E-state index in [4.69, 9.17) is 5.73 Å². The van der Waals surface area contributed by atoms with E-state index in [0.29, 0.717) is 12.2 Å². The quantitative estimate of drug-likeness (QED) is 0.812. The lowest BCUT2D eigenvalue weighted by atomic mass is 10.2. The molecule has 0 saturated carbocycles. The Labute approximate surface area is 109 Å². The Kier molecular flexibility index (Phi) is 5.13. The van der Waals surface area contributed by atoms with Crippen LogP contribution in [0.1, 0.15) is 13.3 Å². The van der Waals surface area contributed by atoms with Gasteiger partial charge in [0.15, 0.2) is 0 Å². The number of hydrogen-bond donors (Lipinski definition) is 2. The van der Waals surface area contributed by atoms with Crippen LogP contribution in [0.3, 0.4) is 0 Å². The van der Waals surface area contributed by atoms with Gasteiger partial charge in [0, 0.05) is 26.7 Å². The molecule has 0 aromatic heterocycles. The van der Waals surface area contributed by atoms with Crippen LogP contribution in [0.4, 0.5) is 5.69 Å². The zero-order valence-electron chi connectivity index (χ0n) is 11.1. The number of anilines is 1. The molecule has 0 fully saturated rings. The molecule has 3 N–H and O–H groups in total. The normalized spacial score (nSPS) is 13.6. The van der Waals surface area contributed by atoms with E-state index in [0.717, 1.165) is 6.42 Å². The molecule has 1 unspecified atom stereocenters. The van der Waals surface area contributed by atoms with Gasteiger partial charge in [-0.05, 0) is 18.6 Å². The molecule has 0 aliphatic carbocycles. The Hall–Kier alpha value is -1.11. The lowest BCUT2D eigenvalue weighted by molar-refractivity contribution is 0.521. The van der Waals surface area contributed by atoms with Crippen molar-refractivity contribution in [1.82, 2.24) is 4.31 Å². The Morgan fingerprint density at radius 1 is 1.33 bits per heavy atom. The van der Waals surface area contributed by atoms with Crippen LogP contribution in [-0.4, -0.2) is 39.4 Å². The van der Waals surface area contributed by atoms with Gasteiger partial charge in [0.25, 0.3) is 0 Å². The average molecular weight is 271 g/mol. The predicted molar refractivity (Wildman–Crippen MR) is 74.1 cm³/mol. The molecule has 0 spiro atoms. The number of nitrogens with one attached hydrogen (secondary N) is 1. The molecule has 1 rings (SSSR count). The summed E-state index contributed by atoms with van der Waals surface area (Å²) < 4.78 is 25.4. The molecule has 1 aromatic rings. The predicted octanol–water partition coefficient (Wildman–Crippen LogP) is 1.09. The van der Waals surface area contributed by atoms with Crippen molar-refractivity contribution in [1.29, 1.82) is 0 Å². The van der Waals surface area contributed by atoms with E-state index in [2.05, 4.69) is 5.32 Å². The van der Waals surface area contributed by atoms with Crippen LogP contribution in [0.15, 0.2) is 29.2 Å². The molecule has 0 saturated heterocycles. The average Bonchev–Trinajstić information content (AvgIpc) is 2.35. The smallest absolute Gasteiger partial charge is 0.244 e. The first kappa shape index (κ1) is 14.9. The van der Waals surface area contributed by atoms with Crippen molar-refractivity contribution in [3.05, 3.63) is 24.3 Å². The second-order valence-electron chi connectivity index (χ2n) is 4.33. The molecule has 0 aliphatic rings. The second-order valence-corrected chi connectivity index (χ2v) is 6.45. The standard InChI is InChI=1S/C12H21N3O2S/c1-4-10(13)9-14-11-7-5-6-8-12(11)18(16,17)15(2)3/h5-8,10,14H,4,9,13H2,1-3H3. The molecule has 0 amide bonds. The lowest BCUT2D eigenvalue weighted by Gasteiger charge is -2.17. The van der Waals surface area contributed by atoms with E-state index >= 15 is 0 Å². The summed E-state index contributed by atoms with van der Waals surface area (Å²) in [6, 6.07) is 6.86. The van der Waals surface area contributed by atoms with Crippen molar-refractivity contribution >= 4 is 15.7 Å². The van der Waals surface area contributed by atoms with Crippen LogP contribution in [0.2, 0.25) is 0 Å². The van der Waals surface area contributed by atoms with E-state index in [9.17, 15) is 8.42 Å². The van der Waals surface area contributed by atoms with Gasteiger partial charge >= 0.3 is 0 Å². The van der Waals surface area contributed by atoms with E-state index in [1.165, 1.54) is 18.4 Å². The summed E-state index contributed by atoms with van der Waals surface area (Å²) in [5.41, 5.74) is 6.41. The zero-order valence-corrected chi connectivity index (χ0v) is 11.9. The van der Waals surface area contributed by atoms with Crippen molar-refractivity contribution in [2.75, 3.05) is 26.0 Å². The van der Waals surface area contributed by atoms with Crippen LogP contribution < -0.4 is 11.1 Å². The van der Waals surface area contributed by atoms with Gasteiger partial charge in [-0.3, -0.25) is 0 Å². The van der Waals surface area contributed by atoms with Crippen LogP contribution in [0.5, 0.6) is 0 Å². The van der Waals surface area contributed by atoms with E-state index in [-0.39, 0.29) is 10.9 Å². The molecule has 0 heterocycles. The summed E-state index contributed by atoms with van der Waals surface area (Å²) in [4.78, 5) is 0.276. The fourth-order valence-electron chi connectivity index (χ4n) is 1.42. The highest BCUT2D eigenvalue weighted by Crippen LogP contribution is 2.22. The SMILES string of the molecule is CCC(N)CNc1ccccc1S(=O)(=O)N(C)C. The summed E-state index contributed by atoms with van der Waals surface area (Å²) in [6.07, 6.45) is 0.843. The first-order valence-electron chi connectivity index (χ1n) is 5.90. The van der Waals surface area contributed by atoms with Crippen molar-refractivity contribution in [3.63, 3.8) is 0 Å². The molecule has 6 heteroatoms. The Bertz CT molecular complexity index is 486. The molecule has 5 nitrogen and oxygen atoms in total. The molecule has 1 aromatic carbocycles. The van der Waals surface area contributed by atoms with Crippen LogP contribution in [0.25, 0.3) is 0 Å². The highest BCUT2D eigenvalue weighted by Gasteiger charge is 2.20. The van der Waals surface area contributed by atoms with Gasteiger partial charge in [-0.15, -0.1) is 0 Å². The van der Waals surface area contributed by atoms with Gasteiger partial charge in [0.05, 0.1) is 5.69 Å². The monoisotopic (exact) mass is 271 g/mol. The van der Waals surface area contributed by atoms with E-state index in [1.54, 1.807) is 24.3 Å². The largest absolute Gasteiger partial charge is 0.382 e. The minimum absolute atomic E-state index is 0.0140. The fraction of sp³-hybridized carbons (Fsp3) is 0.500. The van der Waals surface area contributed by atoms with Crippen molar-refractivity contribution in [3.8, 4) is 0 Å². The number of hydrogen-bond acceptors (Lipinski definition) is 4. The molecule has 0 aliphatic heterocycles. The zero-order chi connectivity index (χ0) is 13.8. The number of sulfonamides is 1. The lowest BCUT2D eigenvalue weighted by Crippen LogP contribution is -2.29. The minimum Gasteiger partial charge on any atom is -0.382 e. The third-order valence-corrected chi connectivity index (χ3v) is 4.60. The first-order chi connectivity index (χ1) is 8.39. The third-order valence-electron chi connectivity index (χ3n) is 2.72. The third kappa shape index (κ3) is 3.44. The highest BCUT2D eigenvalue weighted by molar-refractivity contribution is 7.89. The summed E-state index contributed by atoms with van der Waals surface area (Å²) in [5.74, 6) is 0. The topological polar surface area (TPSA) is 75.4 Å². The summed E-state index contributed by atoms with van der Waals surface area (Å²) in [6.45, 7) is 2.55. The fourth-order valence-corrected chi connectivity index (χ4v) is 2.48. The van der Waals surface area contributed by atoms with Crippen molar-refractivity contribution in [2.24, 2.45) is 5.73 Å². The summed E-state index contributed by atoms with van der Waals surface area (Å²) in [5, 5.41) is 3.09. The van der Waals surface area contributed by atoms with Crippen LogP contribution >= 0.6 is 0 Å². The maximum absolute atomic E-state index is 12.1. The maximum atomic E-state index is 12.1. The van der Waals surface area contributed by atoms with Crippen LogP contribution in [-0.2, 0) is 10.0 Å². The highest BCUT2D eigenvalue weighted by atomic mass is 32.2. The molecular formula is C12H21N3O2S. The molecule has 0 bridgehead atoms. The van der Waals surface area contributed by atoms with Crippen molar-refractivity contribution in [2.45, 2.75) is 24.3 Å². The van der Waals surface area contributed by atoms with E-state index in [1.807, 2.05) is 6.92 Å². The molecule has 102 valence electrons. The first-order valence-corrected chi connectivity index (χ1v) is 7.34. The maximum Gasteiger partial charge on any atom is 0.244 e.